The summed E-state index contributed by atoms with van der Waals surface area (Å²) in [4.78, 5) is 28.5. The van der Waals surface area contributed by atoms with Crippen molar-refractivity contribution in [2.45, 2.75) is 19.1 Å². The minimum absolute atomic E-state index is 0.256. The summed E-state index contributed by atoms with van der Waals surface area (Å²) in [6.45, 7) is 1.37. The Morgan fingerprint density at radius 2 is 1.79 bits per heavy atom. The maximum atomic E-state index is 13.4. The molecule has 1 amide bonds. The third-order valence-corrected chi connectivity index (χ3v) is 4.09. The van der Waals surface area contributed by atoms with Crippen LogP contribution in [-0.2, 0) is 11.0 Å². The van der Waals surface area contributed by atoms with Crippen LogP contribution in [0.4, 0.5) is 23.2 Å². The molecule has 1 aromatic carbocycles. The lowest BCUT2D eigenvalue weighted by Gasteiger charge is -2.16. The Balaban J connectivity index is 1.87. The molecule has 6 nitrogen and oxygen atoms in total. The summed E-state index contributed by atoms with van der Waals surface area (Å²) in [6, 6.07) is 7.00. The summed E-state index contributed by atoms with van der Waals surface area (Å²) in [5.74, 6) is -2.24. The van der Waals surface area contributed by atoms with Crippen molar-refractivity contribution in [3.8, 4) is 11.3 Å². The molecule has 0 aliphatic carbocycles. The third kappa shape index (κ3) is 4.48. The summed E-state index contributed by atoms with van der Waals surface area (Å²) in [5.41, 5.74) is -1.25. The Hall–Kier alpha value is -3.56. The molecule has 10 heteroatoms. The number of hydrogen-bond acceptors (Lipinski definition) is 4. The fourth-order valence-electron chi connectivity index (χ4n) is 2.56. The van der Waals surface area contributed by atoms with Crippen molar-refractivity contribution in [1.29, 1.82) is 0 Å². The van der Waals surface area contributed by atoms with Gasteiger partial charge in [-0.3, -0.25) is 14.6 Å². The molecule has 0 aliphatic heterocycles. The van der Waals surface area contributed by atoms with Crippen LogP contribution in [0.25, 0.3) is 11.3 Å². The molecule has 0 radical (unpaired) electrons. The maximum Gasteiger partial charge on any atom is 0.419 e. The van der Waals surface area contributed by atoms with E-state index in [1.54, 1.807) is 12.1 Å². The molecule has 2 heterocycles. The summed E-state index contributed by atoms with van der Waals surface area (Å²) in [5, 5.41) is 6.40. The van der Waals surface area contributed by atoms with Crippen LogP contribution in [0.2, 0.25) is 0 Å². The van der Waals surface area contributed by atoms with Crippen molar-refractivity contribution in [1.82, 2.24) is 14.8 Å². The number of rotatable bonds is 4. The molecule has 0 saturated carbocycles. The molecule has 1 N–H and O–H groups in total. The quantitative estimate of drug-likeness (QED) is 0.671. The molecular formula is C19H14F4N4O2. The van der Waals surface area contributed by atoms with E-state index in [9.17, 15) is 27.2 Å². The van der Waals surface area contributed by atoms with Crippen molar-refractivity contribution in [2.24, 2.45) is 0 Å². The van der Waals surface area contributed by atoms with E-state index in [0.29, 0.717) is 23.4 Å². The normalized spacial score (nSPS) is 12.4. The molecule has 2 aromatic heterocycles. The largest absolute Gasteiger partial charge is 0.419 e. The van der Waals surface area contributed by atoms with Gasteiger partial charge in [-0.1, -0.05) is 0 Å². The average molecular weight is 406 g/mol. The minimum atomic E-state index is -4.91. The van der Waals surface area contributed by atoms with Gasteiger partial charge in [0.05, 0.1) is 11.3 Å². The number of halogens is 4. The van der Waals surface area contributed by atoms with Gasteiger partial charge >= 0.3 is 6.18 Å². The number of amides is 1. The molecule has 3 aromatic rings. The summed E-state index contributed by atoms with van der Waals surface area (Å²) in [7, 11) is 0. The molecular weight excluding hydrogens is 392 g/mol. The first-order valence-corrected chi connectivity index (χ1v) is 8.34. The van der Waals surface area contributed by atoms with Crippen LogP contribution in [-0.4, -0.2) is 20.7 Å². The lowest BCUT2D eigenvalue weighted by Crippen LogP contribution is -2.33. The van der Waals surface area contributed by atoms with E-state index in [4.69, 9.17) is 0 Å². The molecule has 0 aliphatic rings. The van der Waals surface area contributed by atoms with Crippen molar-refractivity contribution >= 4 is 11.6 Å². The Bertz CT molecular complexity index is 1100. The van der Waals surface area contributed by atoms with Gasteiger partial charge in [-0.05, 0) is 43.3 Å². The zero-order valence-electron chi connectivity index (χ0n) is 14.9. The van der Waals surface area contributed by atoms with Gasteiger partial charge in [-0.25, -0.2) is 9.07 Å². The number of nitrogens with one attached hydrogen (secondary N) is 1. The second-order valence-corrected chi connectivity index (χ2v) is 6.09. The van der Waals surface area contributed by atoms with Gasteiger partial charge in [0.25, 0.3) is 5.56 Å². The molecule has 0 saturated heterocycles. The van der Waals surface area contributed by atoms with Crippen molar-refractivity contribution < 1.29 is 22.4 Å². The Labute approximate surface area is 161 Å². The van der Waals surface area contributed by atoms with E-state index in [0.717, 1.165) is 10.7 Å². The van der Waals surface area contributed by atoms with Crippen molar-refractivity contribution in [3.63, 3.8) is 0 Å². The lowest BCUT2D eigenvalue weighted by atomic mass is 10.1. The SMILES string of the molecule is CC(C(=O)Nc1ccc(F)c(C(F)(F)F)c1)n1nc(-c2ccncc2)ccc1=O. The second kappa shape index (κ2) is 7.82. The summed E-state index contributed by atoms with van der Waals surface area (Å²) < 4.78 is 52.8. The standard InChI is InChI=1S/C19H14F4N4O2/c1-11(18(29)25-13-2-3-15(20)14(10-13)19(21,22)23)27-17(28)5-4-16(26-27)12-6-8-24-9-7-12/h2-11H,1H3,(H,25,29). The smallest absolute Gasteiger partial charge is 0.324 e. The highest BCUT2D eigenvalue weighted by atomic mass is 19.4. The van der Waals surface area contributed by atoms with E-state index < -0.39 is 35.1 Å². The van der Waals surface area contributed by atoms with Gasteiger partial charge in [0.15, 0.2) is 0 Å². The van der Waals surface area contributed by atoms with Gasteiger partial charge in [0, 0.05) is 29.7 Å². The van der Waals surface area contributed by atoms with E-state index in [-0.39, 0.29) is 5.69 Å². The number of hydrogen-bond donors (Lipinski definition) is 1. The van der Waals surface area contributed by atoms with Crippen LogP contribution in [0.1, 0.15) is 18.5 Å². The highest BCUT2D eigenvalue weighted by Crippen LogP contribution is 2.33. The number of carbonyl (C=O) groups excluding carboxylic acids is 1. The van der Waals surface area contributed by atoms with Crippen LogP contribution in [0.5, 0.6) is 0 Å². The number of alkyl halides is 3. The number of carbonyl (C=O) groups is 1. The molecule has 1 unspecified atom stereocenters. The fourth-order valence-corrected chi connectivity index (χ4v) is 2.56. The average Bonchev–Trinajstić information content (AvgIpc) is 2.69. The molecule has 3 rings (SSSR count). The minimum Gasteiger partial charge on any atom is -0.324 e. The number of benzene rings is 1. The molecule has 1 atom stereocenters. The van der Waals surface area contributed by atoms with Gasteiger partial charge in [-0.15, -0.1) is 0 Å². The zero-order chi connectivity index (χ0) is 21.2. The van der Waals surface area contributed by atoms with Gasteiger partial charge < -0.3 is 5.32 Å². The topological polar surface area (TPSA) is 76.9 Å². The maximum absolute atomic E-state index is 13.4. The van der Waals surface area contributed by atoms with Gasteiger partial charge in [0.2, 0.25) is 5.91 Å². The fraction of sp³-hybridized carbons (Fsp3) is 0.158. The van der Waals surface area contributed by atoms with Crippen LogP contribution in [0, 0.1) is 5.82 Å². The first-order valence-electron chi connectivity index (χ1n) is 8.34. The first-order chi connectivity index (χ1) is 13.7. The summed E-state index contributed by atoms with van der Waals surface area (Å²) in [6.07, 6.45) is -1.83. The first kappa shape index (κ1) is 20.2. The molecule has 29 heavy (non-hydrogen) atoms. The van der Waals surface area contributed by atoms with E-state index in [2.05, 4.69) is 15.4 Å². The monoisotopic (exact) mass is 406 g/mol. The molecule has 0 spiro atoms. The Morgan fingerprint density at radius 3 is 2.45 bits per heavy atom. The van der Waals surface area contributed by atoms with Crippen LogP contribution < -0.4 is 10.9 Å². The number of anilines is 1. The van der Waals surface area contributed by atoms with Crippen LogP contribution >= 0.6 is 0 Å². The van der Waals surface area contributed by atoms with Crippen LogP contribution in [0.3, 0.4) is 0 Å². The lowest BCUT2D eigenvalue weighted by molar-refractivity contribution is -0.140. The van der Waals surface area contributed by atoms with Crippen molar-refractivity contribution in [3.05, 3.63) is 76.6 Å². The third-order valence-electron chi connectivity index (χ3n) is 4.09. The highest BCUT2D eigenvalue weighted by molar-refractivity contribution is 5.93. The Morgan fingerprint density at radius 1 is 1.10 bits per heavy atom. The van der Waals surface area contributed by atoms with E-state index >= 15 is 0 Å². The predicted molar refractivity (Wildman–Crippen MR) is 96.5 cm³/mol. The molecule has 0 fully saturated rings. The zero-order valence-corrected chi connectivity index (χ0v) is 14.9. The molecule has 150 valence electrons. The number of nitrogens with zero attached hydrogens (tertiary/aromatic N) is 3. The second-order valence-electron chi connectivity index (χ2n) is 6.09. The number of pyridine rings is 1. The van der Waals surface area contributed by atoms with E-state index in [1.165, 1.54) is 31.5 Å². The van der Waals surface area contributed by atoms with Gasteiger partial charge in [0.1, 0.15) is 11.9 Å². The van der Waals surface area contributed by atoms with E-state index in [1.807, 2.05) is 0 Å². The molecule has 0 bridgehead atoms. The highest BCUT2D eigenvalue weighted by Gasteiger charge is 2.34. The van der Waals surface area contributed by atoms with Crippen LogP contribution in [0.15, 0.2) is 59.7 Å². The van der Waals surface area contributed by atoms with Gasteiger partial charge in [-0.2, -0.15) is 18.3 Å². The number of aromatic nitrogens is 3. The predicted octanol–water partition coefficient (Wildman–Crippen LogP) is 3.66. The summed E-state index contributed by atoms with van der Waals surface area (Å²) >= 11 is 0. The van der Waals surface area contributed by atoms with Crippen molar-refractivity contribution in [2.75, 3.05) is 5.32 Å². The Kier molecular flexibility index (Phi) is 5.44.